The Kier molecular flexibility index (Phi) is 3.08. The molecular weight excluding hydrogens is 178 g/mol. The lowest BCUT2D eigenvalue weighted by molar-refractivity contribution is 0.0924. The number of carbonyl (C=O) groups is 1. The summed E-state index contributed by atoms with van der Waals surface area (Å²) < 4.78 is 5.03. The number of furan rings is 1. The quantitative estimate of drug-likeness (QED) is 0.690. The smallest absolute Gasteiger partial charge is 0.183 e. The number of rotatable bonds is 3. The number of hydrogen-bond acceptors (Lipinski definition) is 3. The van der Waals surface area contributed by atoms with Crippen molar-refractivity contribution in [3.8, 4) is 6.07 Å². The van der Waals surface area contributed by atoms with Crippen LogP contribution in [0.25, 0.3) is 0 Å². The zero-order valence-electron chi connectivity index (χ0n) is 8.57. The van der Waals surface area contributed by atoms with Crippen LogP contribution in [0.15, 0.2) is 16.7 Å². The Morgan fingerprint density at radius 1 is 1.57 bits per heavy atom. The Balaban J connectivity index is 2.90. The predicted molar refractivity (Wildman–Crippen MR) is 51.7 cm³/mol. The summed E-state index contributed by atoms with van der Waals surface area (Å²) in [7, 11) is 0. The zero-order chi connectivity index (χ0) is 10.7. The molecule has 0 N–H and O–H groups in total. The first-order valence-corrected chi connectivity index (χ1v) is 4.55. The molecule has 0 saturated carbocycles. The molecule has 0 aliphatic heterocycles. The van der Waals surface area contributed by atoms with Gasteiger partial charge in [-0.15, -0.1) is 0 Å². The summed E-state index contributed by atoms with van der Waals surface area (Å²) in [5, 5.41) is 8.83. The predicted octanol–water partition coefficient (Wildman–Crippen LogP) is 2.57. The van der Waals surface area contributed by atoms with E-state index in [9.17, 15) is 4.79 Å². The van der Waals surface area contributed by atoms with E-state index in [2.05, 4.69) is 0 Å². The summed E-state index contributed by atoms with van der Waals surface area (Å²) in [5.41, 5.74) is 0.489. The van der Waals surface area contributed by atoms with E-state index in [0.29, 0.717) is 11.3 Å². The van der Waals surface area contributed by atoms with E-state index in [1.807, 2.05) is 19.9 Å². The van der Waals surface area contributed by atoms with Gasteiger partial charge >= 0.3 is 0 Å². The number of nitriles is 1. The van der Waals surface area contributed by atoms with Gasteiger partial charge in [-0.2, -0.15) is 5.26 Å². The molecule has 0 aliphatic carbocycles. The normalized spacial score (nSPS) is 12.5. The van der Waals surface area contributed by atoms with Crippen molar-refractivity contribution in [2.45, 2.75) is 20.8 Å². The van der Waals surface area contributed by atoms with Crippen molar-refractivity contribution in [1.29, 1.82) is 5.26 Å². The molecule has 0 spiro atoms. The van der Waals surface area contributed by atoms with Gasteiger partial charge in [0.15, 0.2) is 5.78 Å². The van der Waals surface area contributed by atoms with E-state index < -0.39 is 5.92 Å². The molecule has 1 rings (SSSR count). The van der Waals surface area contributed by atoms with E-state index in [1.165, 1.54) is 6.26 Å². The van der Waals surface area contributed by atoms with Crippen molar-refractivity contribution < 1.29 is 9.21 Å². The Morgan fingerprint density at radius 2 is 2.21 bits per heavy atom. The van der Waals surface area contributed by atoms with Crippen molar-refractivity contribution in [2.24, 2.45) is 11.8 Å². The van der Waals surface area contributed by atoms with Crippen molar-refractivity contribution in [2.75, 3.05) is 0 Å². The molecule has 0 aromatic carbocycles. The first-order valence-electron chi connectivity index (χ1n) is 4.55. The third-order valence-electron chi connectivity index (χ3n) is 2.10. The fourth-order valence-electron chi connectivity index (χ4n) is 1.26. The van der Waals surface area contributed by atoms with Crippen LogP contribution in [0.5, 0.6) is 0 Å². The average molecular weight is 191 g/mol. The maximum atomic E-state index is 11.7. The molecule has 0 amide bonds. The Bertz CT molecular complexity index is 371. The van der Waals surface area contributed by atoms with Crippen LogP contribution < -0.4 is 0 Å². The SMILES string of the molecule is Cc1cc(C(=O)C(C#N)C(C)C)co1. The molecule has 0 radical (unpaired) electrons. The Morgan fingerprint density at radius 3 is 2.57 bits per heavy atom. The molecule has 3 heteroatoms. The first-order chi connectivity index (χ1) is 6.56. The summed E-state index contributed by atoms with van der Waals surface area (Å²) in [5.74, 6) is -0.0112. The van der Waals surface area contributed by atoms with Crippen LogP contribution in [0, 0.1) is 30.1 Å². The van der Waals surface area contributed by atoms with Crippen LogP contribution in [0.4, 0.5) is 0 Å². The number of nitrogens with zero attached hydrogens (tertiary/aromatic N) is 1. The highest BCUT2D eigenvalue weighted by Crippen LogP contribution is 2.18. The maximum absolute atomic E-state index is 11.7. The molecule has 1 atom stereocenters. The molecule has 1 heterocycles. The minimum absolute atomic E-state index is 0.0303. The lowest BCUT2D eigenvalue weighted by Crippen LogP contribution is -2.18. The zero-order valence-corrected chi connectivity index (χ0v) is 8.57. The van der Waals surface area contributed by atoms with Crippen molar-refractivity contribution in [3.05, 3.63) is 23.7 Å². The van der Waals surface area contributed by atoms with Gasteiger partial charge in [0.25, 0.3) is 0 Å². The third kappa shape index (κ3) is 2.02. The fourth-order valence-corrected chi connectivity index (χ4v) is 1.26. The fraction of sp³-hybridized carbons (Fsp3) is 0.455. The van der Waals surface area contributed by atoms with Gasteiger partial charge < -0.3 is 4.42 Å². The first kappa shape index (κ1) is 10.5. The van der Waals surface area contributed by atoms with E-state index >= 15 is 0 Å². The summed E-state index contributed by atoms with van der Waals surface area (Å²) in [6.07, 6.45) is 1.41. The highest BCUT2D eigenvalue weighted by atomic mass is 16.3. The van der Waals surface area contributed by atoms with Gasteiger partial charge in [-0.05, 0) is 18.9 Å². The summed E-state index contributed by atoms with van der Waals surface area (Å²) in [4.78, 5) is 11.7. The van der Waals surface area contributed by atoms with E-state index in [0.717, 1.165) is 0 Å². The monoisotopic (exact) mass is 191 g/mol. The summed E-state index contributed by atoms with van der Waals surface area (Å²) in [6, 6.07) is 3.68. The molecule has 0 aliphatic rings. The van der Waals surface area contributed by atoms with E-state index in [4.69, 9.17) is 9.68 Å². The number of Topliss-reactive ketones (excluding diaryl/α,β-unsaturated/α-hetero) is 1. The number of aryl methyl sites for hydroxylation is 1. The van der Waals surface area contributed by atoms with E-state index in [1.54, 1.807) is 13.0 Å². The Labute approximate surface area is 83.3 Å². The molecular formula is C11H13NO2. The largest absolute Gasteiger partial charge is 0.469 e. The second-order valence-electron chi connectivity index (χ2n) is 3.66. The molecule has 0 fully saturated rings. The Hall–Kier alpha value is -1.56. The van der Waals surface area contributed by atoms with Gasteiger partial charge in [-0.25, -0.2) is 0 Å². The van der Waals surface area contributed by atoms with Gasteiger partial charge in [0.05, 0.1) is 11.6 Å². The summed E-state index contributed by atoms with van der Waals surface area (Å²) >= 11 is 0. The van der Waals surface area contributed by atoms with Crippen LogP contribution in [-0.2, 0) is 0 Å². The summed E-state index contributed by atoms with van der Waals surface area (Å²) in [6.45, 7) is 5.49. The molecule has 1 unspecified atom stereocenters. The van der Waals surface area contributed by atoms with Gasteiger partial charge in [0.2, 0.25) is 0 Å². The van der Waals surface area contributed by atoms with Crippen LogP contribution in [-0.4, -0.2) is 5.78 Å². The second-order valence-corrected chi connectivity index (χ2v) is 3.66. The highest BCUT2D eigenvalue weighted by Gasteiger charge is 2.23. The lowest BCUT2D eigenvalue weighted by atomic mass is 9.90. The van der Waals surface area contributed by atoms with Gasteiger partial charge in [0.1, 0.15) is 17.9 Å². The van der Waals surface area contributed by atoms with Gasteiger partial charge in [0, 0.05) is 0 Å². The van der Waals surface area contributed by atoms with Crippen LogP contribution in [0.1, 0.15) is 30.0 Å². The van der Waals surface area contributed by atoms with Gasteiger partial charge in [-0.1, -0.05) is 13.8 Å². The molecule has 14 heavy (non-hydrogen) atoms. The number of hydrogen-bond donors (Lipinski definition) is 0. The lowest BCUT2D eigenvalue weighted by Gasteiger charge is -2.09. The average Bonchev–Trinajstić information content (AvgIpc) is 2.52. The number of ketones is 1. The van der Waals surface area contributed by atoms with Crippen LogP contribution >= 0.6 is 0 Å². The molecule has 1 aromatic rings. The molecule has 3 nitrogen and oxygen atoms in total. The van der Waals surface area contributed by atoms with E-state index in [-0.39, 0.29) is 11.7 Å². The van der Waals surface area contributed by atoms with Crippen LogP contribution in [0.2, 0.25) is 0 Å². The van der Waals surface area contributed by atoms with Crippen molar-refractivity contribution in [1.82, 2.24) is 0 Å². The standard InChI is InChI=1S/C11H13NO2/c1-7(2)10(5-12)11(13)9-4-8(3)14-6-9/h4,6-7,10H,1-3H3. The highest BCUT2D eigenvalue weighted by molar-refractivity contribution is 5.99. The molecule has 74 valence electrons. The second kappa shape index (κ2) is 4.10. The number of carbonyl (C=O) groups excluding carboxylic acids is 1. The van der Waals surface area contributed by atoms with Crippen LogP contribution in [0.3, 0.4) is 0 Å². The van der Waals surface area contributed by atoms with Crippen molar-refractivity contribution >= 4 is 5.78 Å². The van der Waals surface area contributed by atoms with Gasteiger partial charge in [-0.3, -0.25) is 4.79 Å². The van der Waals surface area contributed by atoms with Crippen molar-refractivity contribution in [3.63, 3.8) is 0 Å². The minimum atomic E-state index is -0.577. The third-order valence-corrected chi connectivity index (χ3v) is 2.10. The maximum Gasteiger partial charge on any atom is 0.183 e. The molecule has 0 saturated heterocycles. The molecule has 0 bridgehead atoms. The molecule has 1 aromatic heterocycles. The topological polar surface area (TPSA) is 54.0 Å². The minimum Gasteiger partial charge on any atom is -0.469 e.